The van der Waals surface area contributed by atoms with Crippen molar-refractivity contribution in [2.24, 2.45) is 11.8 Å². The van der Waals surface area contributed by atoms with Crippen LogP contribution in [0, 0.1) is 11.8 Å². The number of likely N-dealkylation sites (tertiary alicyclic amines) is 1. The molecule has 184 valence electrons. The minimum atomic E-state index is 0.0821. The molecular formula is C28H39N3O3. The molecular weight excluding hydrogens is 426 g/mol. The number of amides is 1. The number of carbonyl (C=O) groups excluding carboxylic acids is 1. The minimum absolute atomic E-state index is 0.0821. The van der Waals surface area contributed by atoms with E-state index in [9.17, 15) is 4.79 Å². The van der Waals surface area contributed by atoms with Gasteiger partial charge in [0.25, 0.3) is 0 Å². The molecule has 1 aromatic rings. The summed E-state index contributed by atoms with van der Waals surface area (Å²) in [6.07, 6.45) is 13.5. The second-order valence-electron chi connectivity index (χ2n) is 11.0. The number of unbranched alkanes of at least 4 members (excludes halogenated alkanes) is 1. The van der Waals surface area contributed by atoms with Gasteiger partial charge in [-0.2, -0.15) is 0 Å². The van der Waals surface area contributed by atoms with E-state index in [0.29, 0.717) is 12.5 Å². The van der Waals surface area contributed by atoms with Crippen LogP contribution in [0.4, 0.5) is 0 Å². The Morgan fingerprint density at radius 3 is 3.00 bits per heavy atom. The summed E-state index contributed by atoms with van der Waals surface area (Å²) in [6, 6.07) is 7.25. The van der Waals surface area contributed by atoms with Crippen molar-refractivity contribution in [3.05, 3.63) is 35.4 Å². The van der Waals surface area contributed by atoms with Crippen molar-refractivity contribution in [1.29, 1.82) is 0 Å². The summed E-state index contributed by atoms with van der Waals surface area (Å²) in [7, 11) is 0. The number of nitrogens with zero attached hydrogens (tertiary/aromatic N) is 2. The highest BCUT2D eigenvalue weighted by molar-refractivity contribution is 5.78. The van der Waals surface area contributed by atoms with E-state index < -0.39 is 0 Å². The normalized spacial score (nSPS) is 30.3. The average molecular weight is 466 g/mol. The molecule has 1 amide bonds. The molecule has 3 saturated heterocycles. The second kappa shape index (κ2) is 9.90. The molecule has 0 saturated carbocycles. The fourth-order valence-electron chi connectivity index (χ4n) is 7.30. The molecule has 0 spiro atoms. The van der Waals surface area contributed by atoms with Gasteiger partial charge < -0.3 is 14.8 Å². The first-order valence-electron chi connectivity index (χ1n) is 13.6. The van der Waals surface area contributed by atoms with Crippen molar-refractivity contribution in [2.45, 2.75) is 69.9 Å². The standard InChI is InChI=1S/C28H39N3O3/c32-27(15-20-8-9-25-26(14-20)34-19-33-25)29-10-2-4-11-30-13-5-6-21-16-22-17-23(28(21)30)18-31-12-3-1-7-24(22)31/h8-9,14,16,22-24,28H,1-7,10-13,15,17-19H2,(H,29,32)/t22-,23+,24+,28+/m0/s1. The summed E-state index contributed by atoms with van der Waals surface area (Å²) >= 11 is 0. The van der Waals surface area contributed by atoms with Gasteiger partial charge in [-0.25, -0.2) is 0 Å². The van der Waals surface area contributed by atoms with Crippen molar-refractivity contribution in [3.63, 3.8) is 0 Å². The molecule has 3 fully saturated rings. The number of carbonyl (C=O) groups is 1. The molecule has 6 rings (SSSR count). The Balaban J connectivity index is 0.968. The lowest BCUT2D eigenvalue weighted by Gasteiger charge is -2.55. The molecule has 1 N–H and O–H groups in total. The van der Waals surface area contributed by atoms with Gasteiger partial charge in [-0.3, -0.25) is 14.6 Å². The molecule has 4 heterocycles. The van der Waals surface area contributed by atoms with Crippen LogP contribution in [0.15, 0.2) is 29.8 Å². The van der Waals surface area contributed by atoms with Crippen molar-refractivity contribution < 1.29 is 14.3 Å². The summed E-state index contributed by atoms with van der Waals surface area (Å²) in [6.45, 7) is 6.05. The number of piperidine rings is 3. The van der Waals surface area contributed by atoms with Gasteiger partial charge in [0.2, 0.25) is 12.7 Å². The first-order valence-corrected chi connectivity index (χ1v) is 13.6. The number of fused-ring (bicyclic) bond motifs is 7. The van der Waals surface area contributed by atoms with E-state index in [1.165, 1.54) is 58.2 Å². The molecule has 2 bridgehead atoms. The summed E-state index contributed by atoms with van der Waals surface area (Å²) in [5, 5.41) is 3.11. The molecule has 0 radical (unpaired) electrons. The Morgan fingerprint density at radius 2 is 2.03 bits per heavy atom. The molecule has 0 unspecified atom stereocenters. The fourth-order valence-corrected chi connectivity index (χ4v) is 7.30. The van der Waals surface area contributed by atoms with Crippen LogP contribution in [0.1, 0.15) is 56.9 Å². The quantitative estimate of drug-likeness (QED) is 0.491. The molecule has 4 atom stereocenters. The van der Waals surface area contributed by atoms with Crippen molar-refractivity contribution in [1.82, 2.24) is 15.1 Å². The van der Waals surface area contributed by atoms with Gasteiger partial charge in [0.05, 0.1) is 6.42 Å². The highest BCUT2D eigenvalue weighted by Crippen LogP contribution is 2.45. The van der Waals surface area contributed by atoms with E-state index >= 15 is 0 Å². The lowest BCUT2D eigenvalue weighted by molar-refractivity contribution is -0.120. The van der Waals surface area contributed by atoms with Gasteiger partial charge in [0.1, 0.15) is 0 Å². The topological polar surface area (TPSA) is 54.0 Å². The van der Waals surface area contributed by atoms with Crippen LogP contribution in [0.2, 0.25) is 0 Å². The largest absolute Gasteiger partial charge is 0.454 e. The summed E-state index contributed by atoms with van der Waals surface area (Å²) in [5.41, 5.74) is 2.73. The van der Waals surface area contributed by atoms with Crippen LogP contribution in [-0.2, 0) is 11.2 Å². The highest BCUT2D eigenvalue weighted by Gasteiger charge is 2.45. The van der Waals surface area contributed by atoms with Crippen LogP contribution in [0.25, 0.3) is 0 Å². The summed E-state index contributed by atoms with van der Waals surface area (Å²) < 4.78 is 10.8. The van der Waals surface area contributed by atoms with Gasteiger partial charge in [0.15, 0.2) is 11.5 Å². The Bertz CT molecular complexity index is 931. The predicted molar refractivity (Wildman–Crippen MR) is 132 cm³/mol. The SMILES string of the molecule is O=C(Cc1ccc2c(c1)OCO2)NCCCCN1CCCC2=C[C@H]3C[C@H](CN4CCCC[C@H]34)[C@@H]21. The molecule has 34 heavy (non-hydrogen) atoms. The Hall–Kier alpha value is -2.05. The van der Waals surface area contributed by atoms with Gasteiger partial charge in [0, 0.05) is 25.2 Å². The number of hydrogen-bond donors (Lipinski definition) is 1. The molecule has 1 aliphatic carbocycles. The van der Waals surface area contributed by atoms with Gasteiger partial charge in [-0.05, 0) is 94.1 Å². The van der Waals surface area contributed by atoms with Crippen molar-refractivity contribution in [3.8, 4) is 11.5 Å². The fraction of sp³-hybridized carbons (Fsp3) is 0.679. The summed E-state index contributed by atoms with van der Waals surface area (Å²) in [4.78, 5) is 18.0. The monoisotopic (exact) mass is 465 g/mol. The number of benzene rings is 1. The van der Waals surface area contributed by atoms with E-state index in [1.807, 2.05) is 18.2 Å². The van der Waals surface area contributed by atoms with Crippen LogP contribution >= 0.6 is 0 Å². The maximum atomic E-state index is 12.4. The van der Waals surface area contributed by atoms with Gasteiger partial charge in [-0.15, -0.1) is 0 Å². The number of rotatable bonds is 7. The minimum Gasteiger partial charge on any atom is -0.454 e. The van der Waals surface area contributed by atoms with Crippen molar-refractivity contribution >= 4 is 5.91 Å². The third-order valence-corrected chi connectivity index (χ3v) is 8.76. The Kier molecular flexibility index (Phi) is 6.53. The smallest absolute Gasteiger partial charge is 0.231 e. The van der Waals surface area contributed by atoms with Crippen LogP contribution in [0.3, 0.4) is 0 Å². The van der Waals surface area contributed by atoms with Crippen LogP contribution in [-0.4, -0.2) is 67.3 Å². The average Bonchev–Trinajstić information content (AvgIpc) is 3.32. The lowest BCUT2D eigenvalue weighted by Crippen LogP contribution is -2.59. The summed E-state index contributed by atoms with van der Waals surface area (Å²) in [5.74, 6) is 3.21. The predicted octanol–water partition coefficient (Wildman–Crippen LogP) is 3.75. The highest BCUT2D eigenvalue weighted by atomic mass is 16.7. The molecule has 5 aliphatic rings. The van der Waals surface area contributed by atoms with Crippen LogP contribution < -0.4 is 14.8 Å². The molecule has 6 nitrogen and oxygen atoms in total. The zero-order chi connectivity index (χ0) is 22.9. The first-order chi connectivity index (χ1) is 16.7. The van der Waals surface area contributed by atoms with Crippen molar-refractivity contribution in [2.75, 3.05) is 39.5 Å². The number of ether oxygens (including phenoxy) is 2. The molecule has 0 aromatic heterocycles. The van der Waals surface area contributed by atoms with E-state index in [0.717, 1.165) is 60.9 Å². The lowest BCUT2D eigenvalue weighted by atomic mass is 9.68. The Morgan fingerprint density at radius 1 is 1.09 bits per heavy atom. The van der Waals surface area contributed by atoms with E-state index in [2.05, 4.69) is 21.2 Å². The molecule has 1 aromatic carbocycles. The zero-order valence-corrected chi connectivity index (χ0v) is 20.3. The van der Waals surface area contributed by atoms with Crippen LogP contribution in [0.5, 0.6) is 11.5 Å². The maximum Gasteiger partial charge on any atom is 0.231 e. The second-order valence-corrected chi connectivity index (χ2v) is 11.0. The third kappa shape index (κ3) is 4.59. The number of nitrogens with one attached hydrogen (secondary N) is 1. The zero-order valence-electron chi connectivity index (χ0n) is 20.3. The maximum absolute atomic E-state index is 12.4. The van der Waals surface area contributed by atoms with E-state index in [4.69, 9.17) is 9.47 Å². The first kappa shape index (κ1) is 22.4. The molecule has 4 aliphatic heterocycles. The number of hydrogen-bond acceptors (Lipinski definition) is 5. The van der Waals surface area contributed by atoms with E-state index in [1.54, 1.807) is 5.57 Å². The van der Waals surface area contributed by atoms with Gasteiger partial charge >= 0.3 is 0 Å². The Labute approximate surface area is 203 Å². The molecule has 6 heteroatoms. The van der Waals surface area contributed by atoms with Gasteiger partial charge in [-0.1, -0.05) is 24.1 Å². The third-order valence-electron chi connectivity index (χ3n) is 8.76. The van der Waals surface area contributed by atoms with E-state index in [-0.39, 0.29) is 12.7 Å².